The van der Waals surface area contributed by atoms with Crippen molar-refractivity contribution >= 4 is 200 Å². The second-order valence-electron chi connectivity index (χ2n) is 9.00. The average molecular weight is 900 g/mol. The van der Waals surface area contributed by atoms with Gasteiger partial charge < -0.3 is 0 Å². The van der Waals surface area contributed by atoms with E-state index < -0.39 is 0 Å². The van der Waals surface area contributed by atoms with E-state index in [0.29, 0.717) is 0 Å². The lowest BCUT2D eigenvalue weighted by molar-refractivity contribution is 1.53. The Morgan fingerprint density at radius 3 is 0.870 bits per heavy atom. The zero-order chi connectivity index (χ0) is 31.6. The monoisotopic (exact) mass is 898 g/mol. The molecule has 0 saturated carbocycles. The normalized spacial score (nSPS) is 21.4. The predicted octanol–water partition coefficient (Wildman–Crippen LogP) is 16.9. The summed E-state index contributed by atoms with van der Waals surface area (Å²) in [5, 5.41) is 0. The van der Waals surface area contributed by atoms with Crippen LogP contribution in [0.1, 0.15) is 38.8 Å². The minimum atomic E-state index is 1.14. The summed E-state index contributed by atoms with van der Waals surface area (Å²) in [6.45, 7) is 9.01. The van der Waals surface area contributed by atoms with Crippen LogP contribution in [0.25, 0.3) is 12.2 Å². The minimum absolute atomic E-state index is 1.14. The van der Waals surface area contributed by atoms with Gasteiger partial charge in [0.2, 0.25) is 0 Å². The number of thioether (sulfide) groups is 16. The summed E-state index contributed by atoms with van der Waals surface area (Å²) < 4.78 is 20.5. The van der Waals surface area contributed by atoms with E-state index in [4.69, 9.17) is 0 Å². The molecule has 6 heterocycles. The summed E-state index contributed by atoms with van der Waals surface area (Å²) >= 11 is 31.6. The van der Waals surface area contributed by atoms with Crippen LogP contribution in [-0.2, 0) is 0 Å². The molecule has 6 aliphatic heterocycles. The van der Waals surface area contributed by atoms with Crippen LogP contribution in [0.2, 0.25) is 0 Å². The molecule has 0 fully saturated rings. The van der Waals surface area contributed by atoms with Gasteiger partial charge in [-0.2, -0.15) is 0 Å². The largest absolute Gasteiger partial charge is 0.118 e. The third kappa shape index (κ3) is 8.91. The maximum atomic E-state index is 2.35. The Morgan fingerprint density at radius 1 is 0.370 bits per heavy atom. The summed E-state index contributed by atoms with van der Waals surface area (Å²) in [4.78, 5) is 0. The van der Waals surface area contributed by atoms with Crippen molar-refractivity contribution in [1.29, 1.82) is 0 Å². The van der Waals surface area contributed by atoms with Crippen molar-refractivity contribution in [2.24, 2.45) is 0 Å². The predicted molar refractivity (Wildman–Crippen MR) is 248 cm³/mol. The van der Waals surface area contributed by atoms with Crippen LogP contribution in [0.5, 0.6) is 0 Å². The van der Waals surface area contributed by atoms with Crippen LogP contribution >= 0.6 is 188 Å². The van der Waals surface area contributed by atoms with E-state index >= 15 is 0 Å². The minimum Gasteiger partial charge on any atom is -0.118 e. The smallest absolute Gasteiger partial charge is 0.0718 e. The van der Waals surface area contributed by atoms with Gasteiger partial charge in [0.15, 0.2) is 0 Å². The van der Waals surface area contributed by atoms with Crippen molar-refractivity contribution in [1.82, 2.24) is 0 Å². The molecule has 7 rings (SSSR count). The van der Waals surface area contributed by atoms with E-state index in [9.17, 15) is 0 Å². The van der Waals surface area contributed by atoms with Gasteiger partial charge in [0.05, 0.1) is 59.3 Å². The molecule has 0 unspecified atom stereocenters. The van der Waals surface area contributed by atoms with Gasteiger partial charge in [-0.05, 0) is 46.3 Å². The summed E-state index contributed by atoms with van der Waals surface area (Å²) in [6.07, 6.45) is 4.71. The maximum absolute atomic E-state index is 2.35. The molecule has 0 nitrogen and oxygen atoms in total. The standard InChI is InChI=1S/C30H26S16/c1-5-31-19-20(32-6-2)40-27(39-19)29-43-23-24(44-29)36-17(35-23)13-15-9-11-16(12-10-15)14-18-37-25-26(38-18)46-30(45-25)28-41-21(33-7-3)22(42-28)34-8-4/h9-14H,5-8H2,1-4H3. The molecule has 46 heavy (non-hydrogen) atoms. The van der Waals surface area contributed by atoms with Crippen molar-refractivity contribution in [3.05, 3.63) is 94.7 Å². The molecule has 242 valence electrons. The first-order chi connectivity index (χ1) is 22.5. The third-order valence-electron chi connectivity index (χ3n) is 5.86. The van der Waals surface area contributed by atoms with E-state index in [-0.39, 0.29) is 0 Å². The SMILES string of the molecule is CCSC1=C(SCC)SC(=C2SC3=C(SC(=Cc4ccc(C=C5SC6=C(S5)SC(=C5SC(SCC)=C(SCC)S5)S6)cc4)S3)S2)S1. The molecule has 0 aliphatic carbocycles. The topological polar surface area (TPSA) is 0 Å². The number of benzene rings is 1. The number of hydrogen-bond donors (Lipinski definition) is 0. The Labute approximate surface area is 341 Å². The highest BCUT2D eigenvalue weighted by Gasteiger charge is 2.36. The molecule has 1 aromatic rings. The molecule has 0 aromatic heterocycles. The van der Waals surface area contributed by atoms with Gasteiger partial charge in [-0.3, -0.25) is 0 Å². The van der Waals surface area contributed by atoms with Crippen LogP contribution in [0.4, 0.5) is 0 Å². The molecular weight excluding hydrogens is 873 g/mol. The first-order valence-corrected chi connectivity index (χ1v) is 27.9. The highest BCUT2D eigenvalue weighted by Crippen LogP contribution is 2.72. The van der Waals surface area contributed by atoms with Gasteiger partial charge in [-0.1, -0.05) is 193 Å². The molecule has 0 N–H and O–H groups in total. The number of hydrogen-bond acceptors (Lipinski definition) is 16. The molecule has 1 aromatic carbocycles. The lowest BCUT2D eigenvalue weighted by Crippen LogP contribution is -1.77. The Hall–Kier alpha value is 2.74. The van der Waals surface area contributed by atoms with Crippen molar-refractivity contribution in [3.63, 3.8) is 0 Å². The average Bonchev–Trinajstić information content (AvgIpc) is 3.87. The van der Waals surface area contributed by atoms with E-state index in [1.165, 1.54) is 70.4 Å². The fourth-order valence-corrected chi connectivity index (χ4v) is 28.5. The summed E-state index contributed by atoms with van der Waals surface area (Å²) in [5.74, 6) is 4.54. The fourth-order valence-electron chi connectivity index (χ4n) is 4.04. The van der Waals surface area contributed by atoms with Crippen molar-refractivity contribution in [3.8, 4) is 0 Å². The van der Waals surface area contributed by atoms with Crippen molar-refractivity contribution in [2.45, 2.75) is 27.7 Å². The molecule has 0 saturated heterocycles. The summed E-state index contributed by atoms with van der Waals surface area (Å²) in [5.41, 5.74) is 2.55. The zero-order valence-corrected chi connectivity index (χ0v) is 37.9. The van der Waals surface area contributed by atoms with Crippen LogP contribution < -0.4 is 0 Å². The fraction of sp³-hybridized carbons (Fsp3) is 0.267. The second kappa shape index (κ2) is 17.7. The Kier molecular flexibility index (Phi) is 14.3. The molecule has 6 aliphatic rings. The Balaban J connectivity index is 0.916. The molecule has 16 heteroatoms. The highest BCUT2D eigenvalue weighted by atomic mass is 32.3. The van der Waals surface area contributed by atoms with Gasteiger partial charge in [0.25, 0.3) is 0 Å². The Morgan fingerprint density at radius 2 is 0.609 bits per heavy atom. The number of rotatable bonds is 10. The first-order valence-electron chi connectivity index (χ1n) is 14.2. The van der Waals surface area contributed by atoms with Crippen LogP contribution in [0.15, 0.2) is 83.6 Å². The molecule has 0 radical (unpaired) electrons. The van der Waals surface area contributed by atoms with E-state index in [0.717, 1.165) is 23.0 Å². The molecule has 0 atom stereocenters. The Bertz CT molecular complexity index is 1460. The van der Waals surface area contributed by atoms with Gasteiger partial charge in [-0.15, -0.1) is 47.0 Å². The van der Waals surface area contributed by atoms with Crippen LogP contribution in [0, 0.1) is 0 Å². The molecular formula is C30H26S16. The molecule has 0 bridgehead atoms. The highest BCUT2D eigenvalue weighted by molar-refractivity contribution is 8.51. The van der Waals surface area contributed by atoms with E-state index in [2.05, 4.69) is 64.1 Å². The van der Waals surface area contributed by atoms with Gasteiger partial charge >= 0.3 is 0 Å². The van der Waals surface area contributed by atoms with Crippen molar-refractivity contribution in [2.75, 3.05) is 23.0 Å². The summed E-state index contributed by atoms with van der Waals surface area (Å²) in [7, 11) is 0. The maximum Gasteiger partial charge on any atom is 0.0718 e. The molecule has 0 spiro atoms. The lowest BCUT2D eigenvalue weighted by Gasteiger charge is -2.06. The van der Waals surface area contributed by atoms with Gasteiger partial charge in [0, 0.05) is 0 Å². The quantitative estimate of drug-likeness (QED) is 0.219. The van der Waals surface area contributed by atoms with E-state index in [1.54, 1.807) is 0 Å². The second-order valence-corrected chi connectivity index (χ2v) is 30.1. The van der Waals surface area contributed by atoms with Crippen molar-refractivity contribution < 1.29 is 0 Å². The van der Waals surface area contributed by atoms with Crippen LogP contribution in [-0.4, -0.2) is 23.0 Å². The summed E-state index contributed by atoms with van der Waals surface area (Å²) in [6, 6.07) is 9.08. The van der Waals surface area contributed by atoms with E-state index in [1.807, 2.05) is 188 Å². The van der Waals surface area contributed by atoms with Gasteiger partial charge in [-0.25, -0.2) is 0 Å². The first kappa shape index (κ1) is 37.1. The van der Waals surface area contributed by atoms with Crippen LogP contribution in [0.3, 0.4) is 0 Å². The van der Waals surface area contributed by atoms with Gasteiger partial charge in [0.1, 0.15) is 0 Å². The molecule has 0 amide bonds. The zero-order valence-electron chi connectivity index (χ0n) is 24.8. The third-order valence-corrected chi connectivity index (χ3v) is 28.5. The lowest BCUT2D eigenvalue weighted by atomic mass is 10.1.